The molecule has 132 valence electrons. The molecule has 24 heavy (non-hydrogen) atoms. The molecular weight excluding hydrogens is 314 g/mol. The summed E-state index contributed by atoms with van der Waals surface area (Å²) < 4.78 is 0. The van der Waals surface area contributed by atoms with Gasteiger partial charge in [-0.05, 0) is 17.5 Å². The Hall–Kier alpha value is -2.64. The predicted molar refractivity (Wildman–Crippen MR) is 90.2 cm³/mol. The van der Waals surface area contributed by atoms with Gasteiger partial charge >= 0.3 is 12.0 Å². The maximum absolute atomic E-state index is 12.1. The van der Waals surface area contributed by atoms with Gasteiger partial charge in [0, 0.05) is 30.9 Å². The summed E-state index contributed by atoms with van der Waals surface area (Å²) in [5.74, 6) is -1.71. The van der Waals surface area contributed by atoms with Crippen LogP contribution in [0.4, 0.5) is 16.2 Å². The van der Waals surface area contributed by atoms with Gasteiger partial charge in [-0.15, -0.1) is 0 Å². The van der Waals surface area contributed by atoms with Crippen LogP contribution in [0.25, 0.3) is 0 Å². The molecule has 0 heterocycles. The Bertz CT molecular complexity index is 652. The Morgan fingerprint density at radius 3 is 2.42 bits per heavy atom. The first-order valence-corrected chi connectivity index (χ1v) is 7.47. The van der Waals surface area contributed by atoms with Crippen molar-refractivity contribution in [3.8, 4) is 0 Å². The number of urea groups is 1. The Morgan fingerprint density at radius 2 is 1.96 bits per heavy atom. The monoisotopic (exact) mass is 337 g/mol. The average Bonchev–Trinajstić information content (AvgIpc) is 2.45. The Balaban J connectivity index is 2.96. The lowest BCUT2D eigenvalue weighted by molar-refractivity contribution is -0.385. The van der Waals surface area contributed by atoms with E-state index >= 15 is 0 Å². The summed E-state index contributed by atoms with van der Waals surface area (Å²) in [6.45, 7) is 7.14. The number of nitro benzene ring substituents is 1. The first kappa shape index (κ1) is 19.4. The Morgan fingerprint density at radius 1 is 1.38 bits per heavy atom. The smallest absolute Gasteiger partial charge is 0.321 e. The number of nitrogens with zero attached hydrogens (tertiary/aromatic N) is 2. The number of aliphatic carboxylic acids is 1. The van der Waals surface area contributed by atoms with Crippen LogP contribution in [0.2, 0.25) is 0 Å². The molecule has 0 bridgehead atoms. The van der Waals surface area contributed by atoms with Crippen LogP contribution in [0.3, 0.4) is 0 Å². The van der Waals surface area contributed by atoms with Gasteiger partial charge in [0.25, 0.3) is 5.69 Å². The lowest BCUT2D eigenvalue weighted by atomic mass is 9.85. The number of nitro groups is 1. The van der Waals surface area contributed by atoms with E-state index in [9.17, 15) is 19.7 Å². The van der Waals surface area contributed by atoms with E-state index < -0.39 is 28.3 Å². The van der Waals surface area contributed by atoms with Crippen molar-refractivity contribution < 1.29 is 19.6 Å². The van der Waals surface area contributed by atoms with Gasteiger partial charge in [-0.3, -0.25) is 14.9 Å². The second-order valence-corrected chi connectivity index (χ2v) is 6.79. The lowest BCUT2D eigenvalue weighted by Gasteiger charge is -2.21. The standard InChI is InChI=1S/C16H23N3O5/c1-10(14(20)21)9-18(5)15(22)17-11-6-7-12(16(2,3)4)13(8-11)19(23)24/h6-8,10H,9H2,1-5H3,(H,17,22)(H,20,21). The molecule has 8 nitrogen and oxygen atoms in total. The van der Waals surface area contributed by atoms with E-state index in [1.807, 2.05) is 20.8 Å². The number of carboxylic acids is 1. The number of carbonyl (C=O) groups is 2. The van der Waals surface area contributed by atoms with Crippen molar-refractivity contribution in [1.29, 1.82) is 0 Å². The van der Waals surface area contributed by atoms with Crippen molar-refractivity contribution in [3.63, 3.8) is 0 Å². The minimum Gasteiger partial charge on any atom is -0.481 e. The summed E-state index contributed by atoms with van der Waals surface area (Å²) in [5, 5.41) is 22.7. The number of nitrogens with one attached hydrogen (secondary N) is 1. The van der Waals surface area contributed by atoms with Gasteiger partial charge in [0.05, 0.1) is 10.8 Å². The summed E-state index contributed by atoms with van der Waals surface area (Å²) >= 11 is 0. The highest BCUT2D eigenvalue weighted by molar-refractivity contribution is 5.90. The molecule has 0 fully saturated rings. The first-order valence-electron chi connectivity index (χ1n) is 7.47. The van der Waals surface area contributed by atoms with E-state index in [1.54, 1.807) is 12.1 Å². The lowest BCUT2D eigenvalue weighted by Crippen LogP contribution is -2.36. The summed E-state index contributed by atoms with van der Waals surface area (Å²) in [6, 6.07) is 4.00. The van der Waals surface area contributed by atoms with E-state index in [2.05, 4.69) is 5.32 Å². The van der Waals surface area contributed by atoms with Crippen molar-refractivity contribution in [2.24, 2.45) is 5.92 Å². The van der Waals surface area contributed by atoms with Crippen molar-refractivity contribution in [2.75, 3.05) is 18.9 Å². The minimum atomic E-state index is -1.00. The normalized spacial score (nSPS) is 12.4. The van der Waals surface area contributed by atoms with Gasteiger partial charge in [-0.2, -0.15) is 0 Å². The number of hydrogen-bond donors (Lipinski definition) is 2. The van der Waals surface area contributed by atoms with Crippen LogP contribution in [0, 0.1) is 16.0 Å². The molecule has 2 N–H and O–H groups in total. The summed E-state index contributed by atoms with van der Waals surface area (Å²) in [7, 11) is 1.46. The molecule has 1 atom stereocenters. The highest BCUT2D eigenvalue weighted by Gasteiger charge is 2.25. The fourth-order valence-corrected chi connectivity index (χ4v) is 2.19. The average molecular weight is 337 g/mol. The van der Waals surface area contributed by atoms with Crippen molar-refractivity contribution in [1.82, 2.24) is 4.90 Å². The van der Waals surface area contributed by atoms with Crippen molar-refractivity contribution in [3.05, 3.63) is 33.9 Å². The highest BCUT2D eigenvalue weighted by atomic mass is 16.6. The van der Waals surface area contributed by atoms with Crippen LogP contribution >= 0.6 is 0 Å². The molecule has 0 aliphatic heterocycles. The maximum Gasteiger partial charge on any atom is 0.321 e. The van der Waals surface area contributed by atoms with Gasteiger partial charge in [0.1, 0.15) is 0 Å². The molecule has 2 amide bonds. The molecule has 1 rings (SSSR count). The van der Waals surface area contributed by atoms with Crippen LogP contribution in [0.1, 0.15) is 33.3 Å². The fraction of sp³-hybridized carbons (Fsp3) is 0.500. The minimum absolute atomic E-state index is 0.0311. The molecule has 1 aromatic rings. The van der Waals surface area contributed by atoms with Crippen molar-refractivity contribution >= 4 is 23.4 Å². The van der Waals surface area contributed by atoms with Gasteiger partial charge in [0.15, 0.2) is 0 Å². The summed E-state index contributed by atoms with van der Waals surface area (Å²) in [4.78, 5) is 34.9. The Labute approximate surface area is 140 Å². The number of carbonyl (C=O) groups excluding carboxylic acids is 1. The van der Waals surface area contributed by atoms with Crippen LogP contribution in [-0.4, -0.2) is 40.5 Å². The summed E-state index contributed by atoms with van der Waals surface area (Å²) in [6.07, 6.45) is 0. The quantitative estimate of drug-likeness (QED) is 0.633. The summed E-state index contributed by atoms with van der Waals surface area (Å²) in [5.41, 5.74) is 0.383. The SMILES string of the molecule is CC(CN(C)C(=O)Nc1ccc(C(C)(C)C)c([N+](=O)[O-])c1)C(=O)O. The van der Waals surface area contributed by atoms with E-state index in [1.165, 1.54) is 24.9 Å². The van der Waals surface area contributed by atoms with Gasteiger partial charge in [-0.25, -0.2) is 4.79 Å². The molecule has 0 aliphatic rings. The molecule has 1 aromatic carbocycles. The molecule has 0 aliphatic carbocycles. The second kappa shape index (κ2) is 7.29. The largest absolute Gasteiger partial charge is 0.481 e. The molecule has 8 heteroatoms. The molecule has 0 saturated heterocycles. The maximum atomic E-state index is 12.1. The van der Waals surface area contributed by atoms with Crippen LogP contribution in [0.15, 0.2) is 18.2 Å². The zero-order valence-corrected chi connectivity index (χ0v) is 14.5. The molecule has 0 spiro atoms. The number of hydrogen-bond acceptors (Lipinski definition) is 4. The fourth-order valence-electron chi connectivity index (χ4n) is 2.19. The molecular formula is C16H23N3O5. The molecule has 0 saturated carbocycles. The van der Waals surface area contributed by atoms with Crippen molar-refractivity contribution in [2.45, 2.75) is 33.1 Å². The van der Waals surface area contributed by atoms with Crippen LogP contribution in [0.5, 0.6) is 0 Å². The topological polar surface area (TPSA) is 113 Å². The van der Waals surface area contributed by atoms with E-state index in [0.717, 1.165) is 0 Å². The number of benzene rings is 1. The third kappa shape index (κ3) is 4.94. The second-order valence-electron chi connectivity index (χ2n) is 6.79. The van der Waals surface area contributed by atoms with E-state index in [4.69, 9.17) is 5.11 Å². The van der Waals surface area contributed by atoms with Crippen LogP contribution in [-0.2, 0) is 10.2 Å². The van der Waals surface area contributed by atoms with Gasteiger partial charge in [0.2, 0.25) is 0 Å². The number of rotatable bonds is 5. The zero-order valence-electron chi connectivity index (χ0n) is 14.5. The third-order valence-corrected chi connectivity index (χ3v) is 3.57. The van der Waals surface area contributed by atoms with Crippen LogP contribution < -0.4 is 5.32 Å². The number of amides is 2. The zero-order chi connectivity index (χ0) is 18.7. The molecule has 0 aromatic heterocycles. The predicted octanol–water partition coefficient (Wildman–Crippen LogP) is 3.08. The van der Waals surface area contributed by atoms with E-state index in [0.29, 0.717) is 5.56 Å². The molecule has 1 unspecified atom stereocenters. The highest BCUT2D eigenvalue weighted by Crippen LogP contribution is 2.33. The molecule has 0 radical (unpaired) electrons. The number of anilines is 1. The van der Waals surface area contributed by atoms with Gasteiger partial charge < -0.3 is 15.3 Å². The third-order valence-electron chi connectivity index (χ3n) is 3.57. The number of carboxylic acid groups (broad SMARTS) is 1. The van der Waals surface area contributed by atoms with E-state index in [-0.39, 0.29) is 17.9 Å². The van der Waals surface area contributed by atoms with Gasteiger partial charge in [-0.1, -0.05) is 27.7 Å². The first-order chi connectivity index (χ1) is 10.9. The Kier molecular flexibility index (Phi) is 5.89.